The van der Waals surface area contributed by atoms with Crippen LogP contribution in [-0.4, -0.2) is 5.97 Å². The second kappa shape index (κ2) is 4.44. The predicted octanol–water partition coefficient (Wildman–Crippen LogP) is 1.82. The van der Waals surface area contributed by atoms with Crippen LogP contribution in [0.5, 0.6) is 0 Å². The molecule has 0 aliphatic heterocycles. The molecule has 1 aliphatic carbocycles. The zero-order valence-electron chi connectivity index (χ0n) is 7.01. The number of carbonyl (C=O) groups is 1. The molecule has 3 heteroatoms. The Kier molecular flexibility index (Phi) is 3.83. The van der Waals surface area contributed by atoms with E-state index in [1.165, 1.54) is 12.8 Å². The topological polar surface area (TPSA) is 26.3 Å². The third-order valence-corrected chi connectivity index (χ3v) is 3.60. The third kappa shape index (κ3) is 2.73. The average Bonchev–Trinajstić information content (AvgIpc) is 2.05. The van der Waals surface area contributed by atoms with E-state index in [1.54, 1.807) is 0 Å². The van der Waals surface area contributed by atoms with Gasteiger partial charge in [-0.3, -0.25) is 0 Å². The van der Waals surface area contributed by atoms with Crippen molar-refractivity contribution in [2.75, 3.05) is 0 Å². The van der Waals surface area contributed by atoms with Crippen LogP contribution in [0.1, 0.15) is 32.6 Å². The molecule has 0 unspecified atom stereocenters. The molecule has 0 aromatic heterocycles. The predicted molar refractivity (Wildman–Crippen MR) is 37.2 cm³/mol. The molecule has 0 saturated heterocycles. The molecule has 0 aromatic rings. The van der Waals surface area contributed by atoms with Crippen molar-refractivity contribution >= 4 is 5.97 Å². The molecule has 1 saturated carbocycles. The van der Waals surface area contributed by atoms with Gasteiger partial charge in [0.2, 0.25) is 0 Å². The Morgan fingerprint density at radius 1 is 1.36 bits per heavy atom. The van der Waals surface area contributed by atoms with Gasteiger partial charge in [-0.25, -0.2) is 0 Å². The van der Waals surface area contributed by atoms with Crippen LogP contribution in [-0.2, 0) is 34.0 Å². The zero-order chi connectivity index (χ0) is 8.27. The van der Waals surface area contributed by atoms with E-state index in [0.717, 1.165) is 18.8 Å². The van der Waals surface area contributed by atoms with Crippen LogP contribution >= 0.6 is 0 Å². The Labute approximate surface area is 84.3 Å². The average molecular weight is 342 g/mol. The summed E-state index contributed by atoms with van der Waals surface area (Å²) in [6, 6.07) is 0. The summed E-state index contributed by atoms with van der Waals surface area (Å²) >= 11 is 0.183. The van der Waals surface area contributed by atoms with E-state index in [-0.39, 0.29) is 38.5 Å². The molecule has 59 valence electrons. The molecular formula is C8H13HgO2. The minimum atomic E-state index is 0.0697. The molecule has 0 spiro atoms. The molecule has 0 atom stereocenters. The monoisotopic (exact) mass is 343 g/mol. The summed E-state index contributed by atoms with van der Waals surface area (Å²) in [5, 5.41) is 0. The Hall–Kier alpha value is 0.405. The van der Waals surface area contributed by atoms with Crippen LogP contribution in [0.25, 0.3) is 0 Å². The van der Waals surface area contributed by atoms with Crippen molar-refractivity contribution in [3.8, 4) is 0 Å². The van der Waals surface area contributed by atoms with Crippen molar-refractivity contribution in [1.29, 1.82) is 0 Å². The summed E-state index contributed by atoms with van der Waals surface area (Å²) in [6.07, 6.45) is 4.51. The molecule has 0 aromatic carbocycles. The van der Waals surface area contributed by atoms with Crippen molar-refractivity contribution in [2.45, 2.75) is 32.6 Å². The molecule has 0 bridgehead atoms. The van der Waals surface area contributed by atoms with Gasteiger partial charge in [-0.1, -0.05) is 0 Å². The summed E-state index contributed by atoms with van der Waals surface area (Å²) in [4.78, 5) is 11.1. The molecule has 11 heavy (non-hydrogen) atoms. The van der Waals surface area contributed by atoms with Gasteiger partial charge >= 0.3 is 84.4 Å². The van der Waals surface area contributed by atoms with E-state index < -0.39 is 0 Å². The van der Waals surface area contributed by atoms with Gasteiger partial charge in [0.25, 0.3) is 0 Å². The van der Waals surface area contributed by atoms with Crippen molar-refractivity contribution in [3.63, 3.8) is 0 Å². The van der Waals surface area contributed by atoms with Crippen LogP contribution in [0.2, 0.25) is 0 Å². The first-order valence-corrected chi connectivity index (χ1v) is 6.44. The molecule has 1 rings (SSSR count). The number of hydrogen-bond donors (Lipinski definition) is 0. The summed E-state index contributed by atoms with van der Waals surface area (Å²) in [5.74, 6) is 1.13. The maximum absolute atomic E-state index is 11.1. The van der Waals surface area contributed by atoms with E-state index in [0.29, 0.717) is 0 Å². The molecule has 0 radical (unpaired) electrons. The van der Waals surface area contributed by atoms with Gasteiger partial charge in [-0.2, -0.15) is 0 Å². The Morgan fingerprint density at radius 3 is 2.36 bits per heavy atom. The van der Waals surface area contributed by atoms with Crippen LogP contribution in [0.3, 0.4) is 0 Å². The standard InChI is InChI=1S/C8H14O2.Hg/c1-6-2-4-7(5-3-6)8(9)10;/h6-7H,2-5H2,1H3,(H,9,10);/q;+1/p-1. The third-order valence-electron chi connectivity index (χ3n) is 2.49. The van der Waals surface area contributed by atoms with E-state index in [4.69, 9.17) is 2.64 Å². The second-order valence-corrected chi connectivity index (χ2v) is 4.54. The number of carbonyl (C=O) groups excluding carboxylic acids is 1. The maximum atomic E-state index is 11.1. The molecule has 0 amide bonds. The molecule has 2 nitrogen and oxygen atoms in total. The van der Waals surface area contributed by atoms with E-state index in [1.807, 2.05) is 0 Å². The van der Waals surface area contributed by atoms with E-state index >= 15 is 0 Å². The Balaban J connectivity index is 2.33. The molecular weight excluding hydrogens is 329 g/mol. The normalized spacial score (nSPS) is 31.5. The summed E-state index contributed by atoms with van der Waals surface area (Å²) < 4.78 is 4.88. The molecule has 1 aliphatic rings. The molecule has 1 fully saturated rings. The van der Waals surface area contributed by atoms with Gasteiger partial charge in [0.15, 0.2) is 0 Å². The first-order valence-electron chi connectivity index (χ1n) is 4.20. The van der Waals surface area contributed by atoms with Crippen LogP contribution < -0.4 is 0 Å². The van der Waals surface area contributed by atoms with Gasteiger partial charge in [0.1, 0.15) is 0 Å². The summed E-state index contributed by atoms with van der Waals surface area (Å²) in [6.45, 7) is 2.26. The Bertz CT molecular complexity index is 139. The van der Waals surface area contributed by atoms with Crippen LogP contribution in [0, 0.1) is 11.8 Å². The van der Waals surface area contributed by atoms with E-state index in [9.17, 15) is 4.79 Å². The summed E-state index contributed by atoms with van der Waals surface area (Å²) in [7, 11) is 0. The number of rotatable bonds is 1. The van der Waals surface area contributed by atoms with Crippen molar-refractivity contribution in [2.24, 2.45) is 11.8 Å². The number of hydrogen-bond acceptors (Lipinski definition) is 2. The first-order chi connectivity index (χ1) is 5.24. The molecule has 0 N–H and O–H groups in total. The van der Waals surface area contributed by atoms with Crippen molar-refractivity contribution in [1.82, 2.24) is 0 Å². The van der Waals surface area contributed by atoms with Crippen molar-refractivity contribution in [3.05, 3.63) is 0 Å². The van der Waals surface area contributed by atoms with Crippen LogP contribution in [0.15, 0.2) is 0 Å². The fraction of sp³-hybridized carbons (Fsp3) is 0.875. The minimum absolute atomic E-state index is 0.0697. The second-order valence-electron chi connectivity index (χ2n) is 3.42. The van der Waals surface area contributed by atoms with Crippen molar-refractivity contribution < 1.29 is 34.0 Å². The van der Waals surface area contributed by atoms with Crippen LogP contribution in [0.4, 0.5) is 0 Å². The van der Waals surface area contributed by atoms with Gasteiger partial charge in [0, 0.05) is 0 Å². The van der Waals surface area contributed by atoms with Gasteiger partial charge in [0.05, 0.1) is 0 Å². The zero-order valence-corrected chi connectivity index (χ0v) is 12.5. The molecule has 0 heterocycles. The summed E-state index contributed by atoms with van der Waals surface area (Å²) in [5.41, 5.74) is 0. The SMILES string of the molecule is CC1CCC(C(=O)[O][Hg])CC1. The van der Waals surface area contributed by atoms with Gasteiger partial charge in [-0.05, 0) is 0 Å². The fourth-order valence-electron chi connectivity index (χ4n) is 1.61. The Morgan fingerprint density at radius 2 is 1.91 bits per heavy atom. The first kappa shape index (κ1) is 9.49. The quantitative estimate of drug-likeness (QED) is 0.680. The fourth-order valence-corrected chi connectivity index (χ4v) is 2.53. The van der Waals surface area contributed by atoms with E-state index in [2.05, 4.69) is 6.92 Å². The van der Waals surface area contributed by atoms with Gasteiger partial charge < -0.3 is 0 Å². The van der Waals surface area contributed by atoms with Gasteiger partial charge in [-0.15, -0.1) is 0 Å².